The molecular formula is C32H25BrN4O2. The Balaban J connectivity index is 1.47. The number of ether oxygens (including phenoxy) is 1. The lowest BCUT2D eigenvalue weighted by Gasteiger charge is -2.22. The maximum absolute atomic E-state index is 13.9. The summed E-state index contributed by atoms with van der Waals surface area (Å²) in [6, 6.07) is 34.9. The van der Waals surface area contributed by atoms with Crippen LogP contribution < -0.4 is 4.74 Å². The van der Waals surface area contributed by atoms with Crippen LogP contribution >= 0.6 is 15.9 Å². The molecular weight excluding hydrogens is 552 g/mol. The van der Waals surface area contributed by atoms with Crippen molar-refractivity contribution in [3.63, 3.8) is 0 Å². The lowest BCUT2D eigenvalue weighted by atomic mass is 9.96. The highest BCUT2D eigenvalue weighted by atomic mass is 79.9. The fraction of sp³-hybridized carbons (Fsp3) is 0.0938. The van der Waals surface area contributed by atoms with E-state index in [4.69, 9.17) is 14.9 Å². The number of nitrogens with zero attached hydrogens (tertiary/aromatic N) is 4. The first kappa shape index (κ1) is 24.8. The summed E-state index contributed by atoms with van der Waals surface area (Å²) < 4.78 is 8.16. The molecule has 1 aliphatic heterocycles. The zero-order valence-corrected chi connectivity index (χ0v) is 22.8. The van der Waals surface area contributed by atoms with Crippen molar-refractivity contribution >= 4 is 27.5 Å². The third kappa shape index (κ3) is 5.01. The Morgan fingerprint density at radius 3 is 2.18 bits per heavy atom. The summed E-state index contributed by atoms with van der Waals surface area (Å²) >= 11 is 3.51. The molecule has 0 radical (unpaired) electrons. The summed E-state index contributed by atoms with van der Waals surface area (Å²) in [7, 11) is 1.61. The van der Waals surface area contributed by atoms with Crippen LogP contribution in [0.4, 0.5) is 0 Å². The van der Waals surface area contributed by atoms with Crippen molar-refractivity contribution in [1.29, 1.82) is 0 Å². The van der Waals surface area contributed by atoms with Crippen LogP contribution in [-0.2, 0) is 0 Å². The van der Waals surface area contributed by atoms with Crippen LogP contribution in [0.25, 0.3) is 16.9 Å². The Labute approximate surface area is 235 Å². The molecule has 0 saturated carbocycles. The minimum absolute atomic E-state index is 0.179. The van der Waals surface area contributed by atoms with Gasteiger partial charge in [-0.25, -0.2) is 9.69 Å². The third-order valence-corrected chi connectivity index (χ3v) is 7.33. The number of hydrogen-bond donors (Lipinski definition) is 0. The smallest absolute Gasteiger partial charge is 0.274 e. The quantitative estimate of drug-likeness (QED) is 0.213. The first-order chi connectivity index (χ1) is 19.1. The van der Waals surface area contributed by atoms with Crippen molar-refractivity contribution in [2.24, 2.45) is 5.10 Å². The van der Waals surface area contributed by atoms with Crippen molar-refractivity contribution in [3.05, 3.63) is 137 Å². The molecule has 0 saturated heterocycles. The molecule has 4 aromatic carbocycles. The normalized spacial score (nSPS) is 14.8. The molecule has 6 rings (SSSR count). The van der Waals surface area contributed by atoms with Crippen LogP contribution in [-0.4, -0.2) is 33.5 Å². The van der Waals surface area contributed by atoms with Gasteiger partial charge in [0, 0.05) is 33.8 Å². The van der Waals surface area contributed by atoms with Crippen LogP contribution in [0.2, 0.25) is 0 Å². The van der Waals surface area contributed by atoms with Gasteiger partial charge in [-0.2, -0.15) is 10.2 Å². The van der Waals surface area contributed by atoms with E-state index >= 15 is 0 Å². The Hall–Kier alpha value is -4.49. The van der Waals surface area contributed by atoms with Gasteiger partial charge < -0.3 is 4.74 Å². The van der Waals surface area contributed by atoms with Crippen molar-refractivity contribution in [3.8, 4) is 22.7 Å². The minimum atomic E-state index is -0.342. The van der Waals surface area contributed by atoms with E-state index in [9.17, 15) is 4.79 Å². The van der Waals surface area contributed by atoms with Crippen molar-refractivity contribution in [2.75, 3.05) is 7.11 Å². The zero-order chi connectivity index (χ0) is 26.8. The molecule has 1 amide bonds. The summed E-state index contributed by atoms with van der Waals surface area (Å²) in [6.45, 7) is 0. The summed E-state index contributed by atoms with van der Waals surface area (Å²) in [5.74, 6) is 0.514. The maximum Gasteiger partial charge on any atom is 0.274 e. The van der Waals surface area contributed by atoms with E-state index in [0.29, 0.717) is 17.7 Å². The molecule has 0 spiro atoms. The number of methoxy groups -OCH3 is 1. The van der Waals surface area contributed by atoms with Crippen molar-refractivity contribution in [2.45, 2.75) is 12.5 Å². The van der Waals surface area contributed by atoms with Gasteiger partial charge in [0.2, 0.25) is 0 Å². The fourth-order valence-corrected chi connectivity index (χ4v) is 5.05. The first-order valence-electron chi connectivity index (χ1n) is 12.6. The number of amides is 1. The molecule has 192 valence electrons. The van der Waals surface area contributed by atoms with Gasteiger partial charge in [0.15, 0.2) is 0 Å². The van der Waals surface area contributed by atoms with Crippen molar-refractivity contribution in [1.82, 2.24) is 14.8 Å². The Morgan fingerprint density at radius 1 is 0.846 bits per heavy atom. The van der Waals surface area contributed by atoms with Gasteiger partial charge in [0.25, 0.3) is 5.91 Å². The predicted molar refractivity (Wildman–Crippen MR) is 156 cm³/mol. The lowest BCUT2D eigenvalue weighted by Crippen LogP contribution is -2.27. The van der Waals surface area contributed by atoms with E-state index in [2.05, 4.69) is 15.9 Å². The highest BCUT2D eigenvalue weighted by molar-refractivity contribution is 9.10. The molecule has 39 heavy (non-hydrogen) atoms. The zero-order valence-electron chi connectivity index (χ0n) is 21.2. The maximum atomic E-state index is 13.9. The minimum Gasteiger partial charge on any atom is -0.497 e. The fourth-order valence-electron chi connectivity index (χ4n) is 4.79. The van der Waals surface area contributed by atoms with E-state index in [-0.39, 0.29) is 11.9 Å². The lowest BCUT2D eigenvalue weighted by molar-refractivity contribution is 0.0711. The van der Waals surface area contributed by atoms with Gasteiger partial charge in [-0.1, -0.05) is 76.6 Å². The monoisotopic (exact) mass is 576 g/mol. The molecule has 2 heterocycles. The number of para-hydroxylation sites is 1. The second-order valence-electron chi connectivity index (χ2n) is 9.23. The molecule has 1 aromatic heterocycles. The van der Waals surface area contributed by atoms with Gasteiger partial charge in [-0.15, -0.1) is 0 Å². The first-order valence-corrected chi connectivity index (χ1v) is 13.4. The second-order valence-corrected chi connectivity index (χ2v) is 10.1. The number of benzene rings is 4. The molecule has 0 bridgehead atoms. The molecule has 0 fully saturated rings. The molecule has 0 aliphatic carbocycles. The van der Waals surface area contributed by atoms with Crippen LogP contribution in [0.5, 0.6) is 5.75 Å². The van der Waals surface area contributed by atoms with Gasteiger partial charge in [-0.3, -0.25) is 4.79 Å². The number of carbonyl (C=O) groups is 1. The average Bonchev–Trinajstić information content (AvgIpc) is 3.64. The summed E-state index contributed by atoms with van der Waals surface area (Å²) in [6.07, 6.45) is 2.58. The van der Waals surface area contributed by atoms with Crippen LogP contribution in [0.15, 0.2) is 125 Å². The average molecular weight is 577 g/mol. The summed E-state index contributed by atoms with van der Waals surface area (Å²) in [5.41, 5.74) is 6.05. The predicted octanol–water partition coefficient (Wildman–Crippen LogP) is 7.30. The third-order valence-electron chi connectivity index (χ3n) is 6.80. The molecule has 7 heteroatoms. The van der Waals surface area contributed by atoms with E-state index < -0.39 is 0 Å². The molecule has 0 N–H and O–H groups in total. The van der Waals surface area contributed by atoms with E-state index in [1.807, 2.05) is 95.8 Å². The van der Waals surface area contributed by atoms with E-state index in [1.165, 1.54) is 0 Å². The largest absolute Gasteiger partial charge is 0.497 e. The number of aromatic nitrogens is 2. The van der Waals surface area contributed by atoms with Crippen LogP contribution in [0, 0.1) is 0 Å². The van der Waals surface area contributed by atoms with Crippen molar-refractivity contribution < 1.29 is 9.53 Å². The van der Waals surface area contributed by atoms with Gasteiger partial charge in [0.1, 0.15) is 5.75 Å². The highest BCUT2D eigenvalue weighted by Crippen LogP contribution is 2.39. The molecule has 1 unspecified atom stereocenters. The van der Waals surface area contributed by atoms with E-state index in [1.54, 1.807) is 36.4 Å². The van der Waals surface area contributed by atoms with Crippen LogP contribution in [0.3, 0.4) is 0 Å². The molecule has 5 aromatic rings. The highest BCUT2D eigenvalue weighted by Gasteiger charge is 2.36. The van der Waals surface area contributed by atoms with Crippen LogP contribution in [0.1, 0.15) is 33.9 Å². The molecule has 1 aliphatic rings. The number of hydrogen-bond acceptors (Lipinski definition) is 4. The standard InChI is InChI=1S/C32H25BrN4O2/c1-39-27-18-14-24(15-19-27)32(38)37-30(20-29(34-37)22-12-16-25(33)17-13-22)28-21-36(26-10-6-3-7-11-26)35-31(28)23-8-4-2-5-9-23/h2-19,21,30H,20H2,1H3. The van der Waals surface area contributed by atoms with Gasteiger partial charge >= 0.3 is 0 Å². The Bertz CT molecular complexity index is 1630. The van der Waals surface area contributed by atoms with E-state index in [0.717, 1.165) is 38.3 Å². The Kier molecular flexibility index (Phi) is 6.82. The summed E-state index contributed by atoms with van der Waals surface area (Å²) in [5, 5.41) is 11.5. The second kappa shape index (κ2) is 10.7. The van der Waals surface area contributed by atoms with Gasteiger partial charge in [-0.05, 0) is 54.1 Å². The SMILES string of the molecule is COc1ccc(C(=O)N2N=C(c3ccc(Br)cc3)CC2c2cn(-c3ccccc3)nc2-c2ccccc2)cc1. The Morgan fingerprint density at radius 2 is 1.51 bits per heavy atom. The number of rotatable bonds is 6. The number of carbonyl (C=O) groups excluding carboxylic acids is 1. The number of halogens is 1. The molecule has 6 nitrogen and oxygen atoms in total. The number of hydrazone groups is 1. The summed E-state index contributed by atoms with van der Waals surface area (Å²) in [4.78, 5) is 13.9. The molecule has 1 atom stereocenters. The van der Waals surface area contributed by atoms with Gasteiger partial charge in [0.05, 0.1) is 30.2 Å². The topological polar surface area (TPSA) is 59.7 Å².